The van der Waals surface area contributed by atoms with Crippen LogP contribution in [0.2, 0.25) is 0 Å². The number of rotatable bonds is 3. The van der Waals surface area contributed by atoms with Crippen LogP contribution in [0.4, 0.5) is 0 Å². The topological polar surface area (TPSA) is 108 Å². The second-order valence-electron chi connectivity index (χ2n) is 3.81. The summed E-state index contributed by atoms with van der Waals surface area (Å²) in [6, 6.07) is 3.33. The molecule has 100 valence electrons. The maximum atomic E-state index is 11.4. The van der Waals surface area contributed by atoms with Gasteiger partial charge in [-0.2, -0.15) is 0 Å². The molecule has 2 aromatic rings. The molecule has 0 saturated carbocycles. The van der Waals surface area contributed by atoms with Crippen LogP contribution in [-0.4, -0.2) is 27.5 Å². The first-order chi connectivity index (χ1) is 8.93. The molecule has 0 aliphatic carbocycles. The highest BCUT2D eigenvalue weighted by atomic mass is 32.2. The lowest BCUT2D eigenvalue weighted by atomic mass is 10.1. The number of carbonyl (C=O) groups is 1. The number of benzene rings is 1. The molecule has 0 saturated heterocycles. The molecule has 0 fully saturated rings. The van der Waals surface area contributed by atoms with E-state index in [1.165, 1.54) is 6.07 Å². The normalized spacial score (nSPS) is 12.5. The number of thioether (sulfide) groups is 1. The minimum absolute atomic E-state index is 0.0260. The van der Waals surface area contributed by atoms with Crippen molar-refractivity contribution in [1.29, 1.82) is 0 Å². The third kappa shape index (κ3) is 2.37. The molecule has 7 heteroatoms. The fraction of sp³-hybridized carbons (Fsp3) is 0.167. The molecule has 0 bridgehead atoms. The smallest absolute Gasteiger partial charge is 0.336 e. The van der Waals surface area contributed by atoms with Crippen LogP contribution < -0.4 is 5.63 Å². The molecule has 2 rings (SSSR count). The Bertz CT molecular complexity index is 705. The standard InChI is InChI=1S/C12H10O6S/c1-19-11(12(16)17)6-3-10(15)18-9-4-8(14)7(13)2-5(6)9/h2-4,11,13-14H,1H3,(H,16,17). The van der Waals surface area contributed by atoms with Gasteiger partial charge in [-0.1, -0.05) is 0 Å². The van der Waals surface area contributed by atoms with Gasteiger partial charge >= 0.3 is 11.6 Å². The van der Waals surface area contributed by atoms with Crippen LogP contribution in [-0.2, 0) is 4.79 Å². The summed E-state index contributed by atoms with van der Waals surface area (Å²) in [7, 11) is 0. The molecule has 0 aliphatic rings. The maximum absolute atomic E-state index is 11.4. The average molecular weight is 282 g/mol. The van der Waals surface area contributed by atoms with Crippen LogP contribution in [0.5, 0.6) is 11.5 Å². The van der Waals surface area contributed by atoms with Crippen LogP contribution in [0.15, 0.2) is 27.4 Å². The molecular weight excluding hydrogens is 272 g/mol. The largest absolute Gasteiger partial charge is 0.504 e. The Balaban J connectivity index is 2.82. The summed E-state index contributed by atoms with van der Waals surface area (Å²) < 4.78 is 4.88. The minimum Gasteiger partial charge on any atom is -0.504 e. The minimum atomic E-state index is -1.10. The lowest BCUT2D eigenvalue weighted by molar-refractivity contribution is -0.136. The van der Waals surface area contributed by atoms with Crippen LogP contribution in [0.25, 0.3) is 11.0 Å². The molecule has 1 atom stereocenters. The number of carboxylic acids is 1. The molecule has 3 N–H and O–H groups in total. The van der Waals surface area contributed by atoms with Gasteiger partial charge in [-0.3, -0.25) is 4.79 Å². The highest BCUT2D eigenvalue weighted by Crippen LogP contribution is 2.36. The zero-order valence-corrected chi connectivity index (χ0v) is 10.6. The van der Waals surface area contributed by atoms with Gasteiger partial charge in [-0.25, -0.2) is 4.79 Å². The second-order valence-corrected chi connectivity index (χ2v) is 4.75. The van der Waals surface area contributed by atoms with E-state index in [9.17, 15) is 19.8 Å². The second kappa shape index (κ2) is 4.85. The number of hydrogen-bond acceptors (Lipinski definition) is 6. The van der Waals surface area contributed by atoms with Gasteiger partial charge in [-0.05, 0) is 17.9 Å². The lowest BCUT2D eigenvalue weighted by Crippen LogP contribution is -2.11. The fourth-order valence-corrected chi connectivity index (χ4v) is 2.44. The number of phenols is 2. The molecule has 6 nitrogen and oxygen atoms in total. The van der Waals surface area contributed by atoms with E-state index in [1.807, 2.05) is 0 Å². The monoisotopic (exact) mass is 282 g/mol. The van der Waals surface area contributed by atoms with Crippen molar-refractivity contribution in [1.82, 2.24) is 0 Å². The van der Waals surface area contributed by atoms with Crippen molar-refractivity contribution in [3.05, 3.63) is 34.2 Å². The van der Waals surface area contributed by atoms with Crippen molar-refractivity contribution in [2.75, 3.05) is 6.26 Å². The van der Waals surface area contributed by atoms with Crippen molar-refractivity contribution in [3.8, 4) is 11.5 Å². The van der Waals surface area contributed by atoms with E-state index in [0.29, 0.717) is 0 Å². The van der Waals surface area contributed by atoms with Gasteiger partial charge in [0.05, 0.1) is 0 Å². The van der Waals surface area contributed by atoms with Gasteiger partial charge in [0.2, 0.25) is 0 Å². The number of aliphatic carboxylic acids is 1. The van der Waals surface area contributed by atoms with Gasteiger partial charge in [-0.15, -0.1) is 11.8 Å². The first-order valence-electron chi connectivity index (χ1n) is 5.19. The summed E-state index contributed by atoms with van der Waals surface area (Å²) in [6.45, 7) is 0. The van der Waals surface area contributed by atoms with Gasteiger partial charge in [0.15, 0.2) is 11.5 Å². The van der Waals surface area contributed by atoms with Crippen molar-refractivity contribution < 1.29 is 24.5 Å². The predicted molar refractivity (Wildman–Crippen MR) is 69.7 cm³/mol. The summed E-state index contributed by atoms with van der Waals surface area (Å²) >= 11 is 1.04. The van der Waals surface area contributed by atoms with Crippen LogP contribution in [0, 0.1) is 0 Å². The zero-order valence-electron chi connectivity index (χ0n) is 9.78. The molecule has 0 aliphatic heterocycles. The molecule has 0 radical (unpaired) electrons. The fourth-order valence-electron chi connectivity index (χ4n) is 1.79. The predicted octanol–water partition coefficient (Wildman–Crippen LogP) is 1.69. The van der Waals surface area contributed by atoms with E-state index in [2.05, 4.69) is 0 Å². The van der Waals surface area contributed by atoms with E-state index in [4.69, 9.17) is 9.52 Å². The first kappa shape index (κ1) is 13.3. The molecule has 0 amide bonds. The Kier molecular flexibility index (Phi) is 3.39. The average Bonchev–Trinajstić information content (AvgIpc) is 2.32. The van der Waals surface area contributed by atoms with Gasteiger partial charge in [0.25, 0.3) is 0 Å². The van der Waals surface area contributed by atoms with E-state index in [0.717, 1.165) is 23.9 Å². The number of carboxylic acid groups (broad SMARTS) is 1. The van der Waals surface area contributed by atoms with Crippen molar-refractivity contribution >= 4 is 28.7 Å². The Morgan fingerprint density at radius 3 is 2.47 bits per heavy atom. The van der Waals surface area contributed by atoms with Crippen molar-refractivity contribution in [3.63, 3.8) is 0 Å². The Hall–Kier alpha value is -2.15. The van der Waals surface area contributed by atoms with E-state index in [1.54, 1.807) is 6.26 Å². The van der Waals surface area contributed by atoms with Crippen LogP contribution in [0.3, 0.4) is 0 Å². The molecule has 1 aromatic carbocycles. The highest BCUT2D eigenvalue weighted by molar-refractivity contribution is 7.99. The SMILES string of the molecule is CSC(C(=O)O)c1cc(=O)oc2cc(O)c(O)cc12. The first-order valence-corrected chi connectivity index (χ1v) is 6.48. The number of aromatic hydroxyl groups is 2. The van der Waals surface area contributed by atoms with Gasteiger partial charge < -0.3 is 19.7 Å². The van der Waals surface area contributed by atoms with Gasteiger partial charge in [0.1, 0.15) is 10.8 Å². The van der Waals surface area contributed by atoms with Crippen molar-refractivity contribution in [2.45, 2.75) is 5.25 Å². The third-order valence-corrected chi connectivity index (χ3v) is 3.54. The lowest BCUT2D eigenvalue weighted by Gasteiger charge is -2.12. The summed E-state index contributed by atoms with van der Waals surface area (Å²) in [6.07, 6.45) is 1.60. The molecule has 1 unspecified atom stereocenters. The molecule has 1 aromatic heterocycles. The highest BCUT2D eigenvalue weighted by Gasteiger charge is 2.23. The Morgan fingerprint density at radius 2 is 1.89 bits per heavy atom. The number of hydrogen-bond donors (Lipinski definition) is 3. The Labute approximate surface area is 111 Å². The summed E-state index contributed by atoms with van der Waals surface area (Å²) in [5.41, 5.74) is -0.465. The number of phenolic OH excluding ortho intramolecular Hbond substituents is 2. The molecule has 19 heavy (non-hydrogen) atoms. The van der Waals surface area contributed by atoms with E-state index in [-0.39, 0.29) is 16.5 Å². The summed E-state index contributed by atoms with van der Waals surface area (Å²) in [5, 5.41) is 27.3. The van der Waals surface area contributed by atoms with Crippen molar-refractivity contribution in [2.24, 2.45) is 0 Å². The third-order valence-electron chi connectivity index (χ3n) is 2.61. The summed E-state index contributed by atoms with van der Waals surface area (Å²) in [5.74, 6) is -1.95. The van der Waals surface area contributed by atoms with E-state index < -0.39 is 28.3 Å². The maximum Gasteiger partial charge on any atom is 0.336 e. The van der Waals surface area contributed by atoms with Crippen LogP contribution >= 0.6 is 11.8 Å². The number of fused-ring (bicyclic) bond motifs is 1. The van der Waals surface area contributed by atoms with Gasteiger partial charge in [0, 0.05) is 17.5 Å². The quantitative estimate of drug-likeness (QED) is 0.580. The molecular formula is C12H10O6S. The molecule has 1 heterocycles. The van der Waals surface area contributed by atoms with Crippen LogP contribution in [0.1, 0.15) is 10.8 Å². The zero-order chi connectivity index (χ0) is 14.2. The summed E-state index contributed by atoms with van der Waals surface area (Å²) in [4.78, 5) is 22.6. The Morgan fingerprint density at radius 1 is 1.26 bits per heavy atom. The molecule has 0 spiro atoms. The van der Waals surface area contributed by atoms with E-state index >= 15 is 0 Å².